The quantitative estimate of drug-likeness (QED) is 0.755. The molecule has 6 heteroatoms. The van der Waals surface area contributed by atoms with Crippen LogP contribution >= 0.6 is 27.3 Å². The number of hydrogen-bond acceptors (Lipinski definition) is 3. The molecule has 2 aromatic heterocycles. The minimum Gasteiger partial charge on any atom is -0.478 e. The fourth-order valence-corrected chi connectivity index (χ4v) is 3.86. The first kappa shape index (κ1) is 14.3. The number of nitrogens with zero attached hydrogens (tertiary/aromatic N) is 2. The van der Waals surface area contributed by atoms with E-state index in [2.05, 4.69) is 25.5 Å². The van der Waals surface area contributed by atoms with Crippen LogP contribution in [0.4, 0.5) is 0 Å². The molecule has 0 spiro atoms. The van der Waals surface area contributed by atoms with E-state index in [1.165, 1.54) is 4.88 Å². The van der Waals surface area contributed by atoms with Crippen molar-refractivity contribution < 1.29 is 9.90 Å². The number of benzene rings is 1. The lowest BCUT2D eigenvalue weighted by molar-refractivity contribution is 0.0699. The number of aryl methyl sites for hydroxylation is 1. The van der Waals surface area contributed by atoms with Gasteiger partial charge in [-0.3, -0.25) is 0 Å². The summed E-state index contributed by atoms with van der Waals surface area (Å²) < 4.78 is 3.17. The number of imidazole rings is 1. The molecule has 3 aromatic rings. The van der Waals surface area contributed by atoms with Crippen LogP contribution in [-0.2, 0) is 13.0 Å². The number of aromatic carboxylic acids is 1. The maximum absolute atomic E-state index is 11.3. The minimum atomic E-state index is -0.940. The minimum absolute atomic E-state index is 0.256. The molecule has 0 amide bonds. The molecule has 0 atom stereocenters. The van der Waals surface area contributed by atoms with E-state index in [9.17, 15) is 9.90 Å². The van der Waals surface area contributed by atoms with E-state index in [4.69, 9.17) is 0 Å². The Labute approximate surface area is 134 Å². The Hall–Kier alpha value is -1.66. The molecule has 108 valence electrons. The molecule has 0 aliphatic heterocycles. The van der Waals surface area contributed by atoms with Gasteiger partial charge in [0.15, 0.2) is 0 Å². The van der Waals surface area contributed by atoms with Gasteiger partial charge in [-0.2, -0.15) is 0 Å². The molecule has 0 bridgehead atoms. The molecule has 1 N–H and O–H groups in total. The van der Waals surface area contributed by atoms with Crippen LogP contribution in [-0.4, -0.2) is 20.6 Å². The lowest BCUT2D eigenvalue weighted by Gasteiger charge is -2.07. The van der Waals surface area contributed by atoms with Gasteiger partial charge < -0.3 is 9.67 Å². The zero-order valence-corrected chi connectivity index (χ0v) is 13.7. The number of para-hydroxylation sites is 1. The third kappa shape index (κ3) is 2.49. The molecule has 0 aliphatic rings. The van der Waals surface area contributed by atoms with Crippen molar-refractivity contribution in [3.05, 3.63) is 50.4 Å². The van der Waals surface area contributed by atoms with Crippen molar-refractivity contribution >= 4 is 44.3 Å². The van der Waals surface area contributed by atoms with Crippen LogP contribution in [0.25, 0.3) is 11.0 Å². The summed E-state index contributed by atoms with van der Waals surface area (Å²) in [5, 5.41) is 11.3. The topological polar surface area (TPSA) is 55.1 Å². The van der Waals surface area contributed by atoms with Gasteiger partial charge >= 0.3 is 5.97 Å². The second-order valence-corrected chi connectivity index (χ2v) is 6.49. The number of hydrogen-bond donors (Lipinski definition) is 1. The third-order valence-corrected chi connectivity index (χ3v) is 5.31. The highest BCUT2D eigenvalue weighted by Crippen LogP contribution is 2.27. The molecule has 0 saturated carbocycles. The summed E-state index contributed by atoms with van der Waals surface area (Å²) >= 11 is 5.22. The first-order valence-corrected chi connectivity index (χ1v) is 8.22. The number of halogens is 1. The molecule has 0 saturated heterocycles. The van der Waals surface area contributed by atoms with E-state index < -0.39 is 5.97 Å². The molecule has 0 fully saturated rings. The summed E-state index contributed by atoms with van der Waals surface area (Å²) in [5.41, 5.74) is 1.69. The number of rotatable bonds is 4. The van der Waals surface area contributed by atoms with Crippen LogP contribution < -0.4 is 0 Å². The normalized spacial score (nSPS) is 11.1. The average Bonchev–Trinajstić information content (AvgIpc) is 3.03. The molecule has 3 rings (SSSR count). The molecule has 2 heterocycles. The third-order valence-electron chi connectivity index (χ3n) is 3.40. The van der Waals surface area contributed by atoms with Crippen molar-refractivity contribution in [2.24, 2.45) is 0 Å². The van der Waals surface area contributed by atoms with Crippen molar-refractivity contribution in [2.45, 2.75) is 19.9 Å². The number of thiophene rings is 1. The number of fused-ring (bicyclic) bond motifs is 1. The standard InChI is InChI=1S/C15H13BrN2O2S/c1-2-13-17-14-9(15(19)20)4-3-5-11(14)18(13)8-12-10(16)6-7-21-12/h3-7H,2,8H2,1H3,(H,19,20). The van der Waals surface area contributed by atoms with Gasteiger partial charge in [0.05, 0.1) is 17.6 Å². The van der Waals surface area contributed by atoms with Crippen LogP contribution in [0, 0.1) is 0 Å². The summed E-state index contributed by atoms with van der Waals surface area (Å²) in [6.07, 6.45) is 0.761. The molecule has 0 unspecified atom stereocenters. The van der Waals surface area contributed by atoms with Crippen molar-refractivity contribution in [3.63, 3.8) is 0 Å². The molecular formula is C15H13BrN2O2S. The summed E-state index contributed by atoms with van der Waals surface area (Å²) in [6, 6.07) is 7.32. The van der Waals surface area contributed by atoms with Gasteiger partial charge in [-0.1, -0.05) is 13.0 Å². The molecule has 1 aromatic carbocycles. The smallest absolute Gasteiger partial charge is 0.337 e. The van der Waals surface area contributed by atoms with Crippen molar-refractivity contribution in [1.82, 2.24) is 9.55 Å². The highest BCUT2D eigenvalue weighted by Gasteiger charge is 2.17. The summed E-state index contributed by atoms with van der Waals surface area (Å²) in [7, 11) is 0. The van der Waals surface area contributed by atoms with Crippen LogP contribution in [0.15, 0.2) is 34.1 Å². The zero-order valence-electron chi connectivity index (χ0n) is 11.3. The van der Waals surface area contributed by atoms with Crippen molar-refractivity contribution in [3.8, 4) is 0 Å². The second-order valence-electron chi connectivity index (χ2n) is 4.64. The summed E-state index contributed by atoms with van der Waals surface area (Å²) in [4.78, 5) is 17.1. The Morgan fingerprint density at radius 2 is 2.24 bits per heavy atom. The van der Waals surface area contributed by atoms with E-state index in [0.717, 1.165) is 22.2 Å². The van der Waals surface area contributed by atoms with Crippen LogP contribution in [0.2, 0.25) is 0 Å². The average molecular weight is 365 g/mol. The van der Waals surface area contributed by atoms with E-state index in [1.54, 1.807) is 23.5 Å². The first-order chi connectivity index (χ1) is 10.1. The fourth-order valence-electron chi connectivity index (χ4n) is 2.40. The van der Waals surface area contributed by atoms with E-state index in [-0.39, 0.29) is 5.56 Å². The van der Waals surface area contributed by atoms with Crippen molar-refractivity contribution in [2.75, 3.05) is 0 Å². The van der Waals surface area contributed by atoms with Crippen LogP contribution in [0.1, 0.15) is 28.0 Å². The largest absolute Gasteiger partial charge is 0.478 e. The molecular weight excluding hydrogens is 352 g/mol. The molecule has 0 radical (unpaired) electrons. The van der Waals surface area contributed by atoms with Crippen LogP contribution in [0.5, 0.6) is 0 Å². The van der Waals surface area contributed by atoms with Gasteiger partial charge in [0.1, 0.15) is 11.3 Å². The number of carboxylic acid groups (broad SMARTS) is 1. The Bertz CT molecular complexity index is 822. The predicted octanol–water partition coefficient (Wildman–Crippen LogP) is 4.17. The maximum Gasteiger partial charge on any atom is 0.337 e. The monoisotopic (exact) mass is 364 g/mol. The van der Waals surface area contributed by atoms with Crippen molar-refractivity contribution in [1.29, 1.82) is 0 Å². The molecule has 4 nitrogen and oxygen atoms in total. The van der Waals surface area contributed by atoms with Gasteiger partial charge in [-0.25, -0.2) is 9.78 Å². The predicted molar refractivity (Wildman–Crippen MR) is 87.2 cm³/mol. The Morgan fingerprint density at radius 1 is 1.43 bits per heavy atom. The SMILES string of the molecule is CCc1nc2c(C(=O)O)cccc2n1Cc1sccc1Br. The van der Waals surface area contributed by atoms with Gasteiger partial charge in [0.25, 0.3) is 0 Å². The summed E-state index contributed by atoms with van der Waals surface area (Å²) in [5.74, 6) is -0.0378. The Balaban J connectivity index is 2.19. The van der Waals surface area contributed by atoms with E-state index in [0.29, 0.717) is 12.1 Å². The molecule has 21 heavy (non-hydrogen) atoms. The van der Waals surface area contributed by atoms with Gasteiger partial charge in [0.2, 0.25) is 0 Å². The Kier molecular flexibility index (Phi) is 3.82. The maximum atomic E-state index is 11.3. The van der Waals surface area contributed by atoms with E-state index in [1.807, 2.05) is 24.4 Å². The Morgan fingerprint density at radius 3 is 2.86 bits per heavy atom. The van der Waals surface area contributed by atoms with Gasteiger partial charge in [-0.05, 0) is 39.5 Å². The second kappa shape index (κ2) is 5.61. The highest BCUT2D eigenvalue weighted by atomic mass is 79.9. The zero-order chi connectivity index (χ0) is 15.0. The number of carboxylic acids is 1. The lowest BCUT2D eigenvalue weighted by atomic mass is 10.2. The molecule has 0 aliphatic carbocycles. The van der Waals surface area contributed by atoms with E-state index >= 15 is 0 Å². The van der Waals surface area contributed by atoms with Gasteiger partial charge in [-0.15, -0.1) is 11.3 Å². The van der Waals surface area contributed by atoms with Gasteiger partial charge in [0, 0.05) is 15.8 Å². The van der Waals surface area contributed by atoms with Crippen LogP contribution in [0.3, 0.4) is 0 Å². The number of carbonyl (C=O) groups is 1. The number of aromatic nitrogens is 2. The highest BCUT2D eigenvalue weighted by molar-refractivity contribution is 9.10. The first-order valence-electron chi connectivity index (χ1n) is 6.55. The fraction of sp³-hybridized carbons (Fsp3) is 0.200. The lowest BCUT2D eigenvalue weighted by Crippen LogP contribution is -2.03. The summed E-state index contributed by atoms with van der Waals surface area (Å²) in [6.45, 7) is 2.72.